The summed E-state index contributed by atoms with van der Waals surface area (Å²) in [6, 6.07) is 12.9. The van der Waals surface area contributed by atoms with Gasteiger partial charge in [-0.15, -0.1) is 0 Å². The van der Waals surface area contributed by atoms with Crippen molar-refractivity contribution in [1.29, 1.82) is 0 Å². The average Bonchev–Trinajstić information content (AvgIpc) is 2.42. The van der Waals surface area contributed by atoms with Crippen LogP contribution in [0.4, 0.5) is 0 Å². The van der Waals surface area contributed by atoms with Crippen molar-refractivity contribution in [1.82, 2.24) is 0 Å². The van der Waals surface area contributed by atoms with Crippen LogP contribution in [0.2, 0.25) is 5.02 Å². The van der Waals surface area contributed by atoms with Crippen LogP contribution in [0.15, 0.2) is 42.5 Å². The standard InChI is InChI=1S/C17H17ClO3/c1-11-4-3-5-14(8-11)21-16(17(19)20)10-13-7-6-12(2)15(18)9-13/h3-9,16H,10H2,1-2H3,(H,19,20)/t16-/m0/s1. The molecule has 0 spiro atoms. The smallest absolute Gasteiger partial charge is 0.345 e. The van der Waals surface area contributed by atoms with Crippen molar-refractivity contribution in [3.63, 3.8) is 0 Å². The first-order chi connectivity index (χ1) is 9.95. The largest absolute Gasteiger partial charge is 0.478 e. The number of hydrogen-bond donors (Lipinski definition) is 1. The SMILES string of the molecule is Cc1cccc(O[C@@H](Cc2ccc(C)c(Cl)c2)C(=O)O)c1. The Morgan fingerprint density at radius 1 is 1.24 bits per heavy atom. The van der Waals surface area contributed by atoms with Crippen LogP contribution < -0.4 is 4.74 Å². The van der Waals surface area contributed by atoms with E-state index in [4.69, 9.17) is 16.3 Å². The Hall–Kier alpha value is -2.00. The van der Waals surface area contributed by atoms with Gasteiger partial charge in [0.15, 0.2) is 6.10 Å². The molecule has 0 unspecified atom stereocenters. The minimum Gasteiger partial charge on any atom is -0.478 e. The Labute approximate surface area is 129 Å². The molecule has 2 aromatic carbocycles. The van der Waals surface area contributed by atoms with Gasteiger partial charge in [-0.1, -0.05) is 35.9 Å². The van der Waals surface area contributed by atoms with Gasteiger partial charge in [-0.3, -0.25) is 0 Å². The van der Waals surface area contributed by atoms with Gasteiger partial charge in [0.2, 0.25) is 0 Å². The molecule has 0 saturated carbocycles. The fourth-order valence-corrected chi connectivity index (χ4v) is 2.21. The van der Waals surface area contributed by atoms with Gasteiger partial charge in [-0.25, -0.2) is 4.79 Å². The minimum atomic E-state index is -0.992. The van der Waals surface area contributed by atoms with Crippen molar-refractivity contribution in [2.24, 2.45) is 0 Å². The summed E-state index contributed by atoms with van der Waals surface area (Å²) in [4.78, 5) is 11.4. The molecule has 2 rings (SSSR count). The molecule has 4 heteroatoms. The van der Waals surface area contributed by atoms with Crippen molar-refractivity contribution in [2.45, 2.75) is 26.4 Å². The molecule has 0 radical (unpaired) electrons. The summed E-state index contributed by atoms with van der Waals surface area (Å²) in [6.07, 6.45) is -0.672. The van der Waals surface area contributed by atoms with Crippen LogP contribution in [-0.4, -0.2) is 17.2 Å². The Balaban J connectivity index is 2.15. The van der Waals surface area contributed by atoms with Gasteiger partial charge in [0.05, 0.1) is 0 Å². The van der Waals surface area contributed by atoms with Crippen molar-refractivity contribution in [2.75, 3.05) is 0 Å². The molecule has 1 N–H and O–H groups in total. The van der Waals surface area contributed by atoms with Crippen molar-refractivity contribution in [3.05, 3.63) is 64.2 Å². The molecule has 0 aromatic heterocycles. The Morgan fingerprint density at radius 2 is 2.00 bits per heavy atom. The lowest BCUT2D eigenvalue weighted by atomic mass is 10.1. The van der Waals surface area contributed by atoms with E-state index in [1.807, 2.05) is 44.2 Å². The summed E-state index contributed by atoms with van der Waals surface area (Å²) >= 11 is 6.07. The second-order valence-corrected chi connectivity index (χ2v) is 5.46. The molecule has 0 aliphatic rings. The fraction of sp³-hybridized carbons (Fsp3) is 0.235. The van der Waals surface area contributed by atoms with Crippen LogP contribution in [0.5, 0.6) is 5.75 Å². The molecule has 0 aliphatic heterocycles. The Morgan fingerprint density at radius 3 is 2.62 bits per heavy atom. The van der Waals surface area contributed by atoms with Crippen LogP contribution in [-0.2, 0) is 11.2 Å². The highest BCUT2D eigenvalue weighted by Gasteiger charge is 2.20. The first-order valence-corrected chi connectivity index (χ1v) is 7.04. The third-order valence-electron chi connectivity index (χ3n) is 3.20. The first kappa shape index (κ1) is 15.4. The van der Waals surface area contributed by atoms with Crippen LogP contribution in [0, 0.1) is 13.8 Å². The zero-order chi connectivity index (χ0) is 15.4. The van der Waals surface area contributed by atoms with E-state index in [0.29, 0.717) is 10.8 Å². The van der Waals surface area contributed by atoms with Crippen LogP contribution in [0.1, 0.15) is 16.7 Å². The van der Waals surface area contributed by atoms with Gasteiger partial charge in [0.1, 0.15) is 5.75 Å². The number of carboxylic acid groups (broad SMARTS) is 1. The van der Waals surface area contributed by atoms with Gasteiger partial charge in [0.25, 0.3) is 0 Å². The number of benzene rings is 2. The molecule has 0 heterocycles. The topological polar surface area (TPSA) is 46.5 Å². The third kappa shape index (κ3) is 4.23. The van der Waals surface area contributed by atoms with E-state index in [9.17, 15) is 9.90 Å². The summed E-state index contributed by atoms with van der Waals surface area (Å²) in [6.45, 7) is 3.84. The zero-order valence-corrected chi connectivity index (χ0v) is 12.7. The number of aliphatic carboxylic acids is 1. The lowest BCUT2D eigenvalue weighted by Crippen LogP contribution is -2.29. The number of halogens is 1. The normalized spacial score (nSPS) is 12.0. The third-order valence-corrected chi connectivity index (χ3v) is 3.61. The molecule has 2 aromatic rings. The summed E-state index contributed by atoms with van der Waals surface area (Å²) in [7, 11) is 0. The Kier molecular flexibility index (Phi) is 4.86. The van der Waals surface area contributed by atoms with E-state index in [2.05, 4.69) is 0 Å². The van der Waals surface area contributed by atoms with Gasteiger partial charge in [-0.05, 0) is 48.7 Å². The summed E-state index contributed by atoms with van der Waals surface area (Å²) in [5.74, 6) is -0.436. The maximum Gasteiger partial charge on any atom is 0.345 e. The number of carboxylic acids is 1. The van der Waals surface area contributed by atoms with Gasteiger partial charge >= 0.3 is 5.97 Å². The predicted molar refractivity (Wildman–Crippen MR) is 83.1 cm³/mol. The molecule has 0 amide bonds. The minimum absolute atomic E-state index is 0.267. The van der Waals surface area contributed by atoms with E-state index in [1.165, 1.54) is 0 Å². The van der Waals surface area contributed by atoms with Crippen LogP contribution >= 0.6 is 11.6 Å². The molecular formula is C17H17ClO3. The summed E-state index contributed by atoms with van der Waals surface area (Å²) < 4.78 is 5.59. The van der Waals surface area contributed by atoms with Gasteiger partial charge in [-0.2, -0.15) is 0 Å². The predicted octanol–water partition coefficient (Wildman–Crippen LogP) is 4.03. The van der Waals surface area contributed by atoms with Gasteiger partial charge < -0.3 is 9.84 Å². The molecule has 1 atom stereocenters. The molecule has 3 nitrogen and oxygen atoms in total. The summed E-state index contributed by atoms with van der Waals surface area (Å²) in [5, 5.41) is 9.96. The lowest BCUT2D eigenvalue weighted by Gasteiger charge is -2.16. The van der Waals surface area contributed by atoms with E-state index in [1.54, 1.807) is 12.1 Å². The molecular weight excluding hydrogens is 288 g/mol. The van der Waals surface area contributed by atoms with Gasteiger partial charge in [0, 0.05) is 11.4 Å². The molecule has 110 valence electrons. The molecule has 0 saturated heterocycles. The highest BCUT2D eigenvalue weighted by Crippen LogP contribution is 2.20. The lowest BCUT2D eigenvalue weighted by molar-refractivity contribution is -0.145. The zero-order valence-electron chi connectivity index (χ0n) is 12.0. The van der Waals surface area contributed by atoms with E-state index >= 15 is 0 Å². The molecule has 0 fully saturated rings. The highest BCUT2D eigenvalue weighted by molar-refractivity contribution is 6.31. The fourth-order valence-electron chi connectivity index (χ4n) is 2.01. The maximum absolute atomic E-state index is 11.4. The maximum atomic E-state index is 11.4. The second kappa shape index (κ2) is 6.64. The van der Waals surface area contributed by atoms with Crippen LogP contribution in [0.25, 0.3) is 0 Å². The van der Waals surface area contributed by atoms with Crippen LogP contribution in [0.3, 0.4) is 0 Å². The number of aryl methyl sites for hydroxylation is 2. The van der Waals surface area contributed by atoms with E-state index < -0.39 is 12.1 Å². The van der Waals surface area contributed by atoms with E-state index in [0.717, 1.165) is 16.7 Å². The molecule has 21 heavy (non-hydrogen) atoms. The highest BCUT2D eigenvalue weighted by atomic mass is 35.5. The monoisotopic (exact) mass is 304 g/mol. The summed E-state index contributed by atoms with van der Waals surface area (Å²) in [5.41, 5.74) is 2.83. The van der Waals surface area contributed by atoms with Crippen molar-refractivity contribution in [3.8, 4) is 5.75 Å². The number of rotatable bonds is 5. The average molecular weight is 305 g/mol. The van der Waals surface area contributed by atoms with Crippen molar-refractivity contribution >= 4 is 17.6 Å². The quantitative estimate of drug-likeness (QED) is 0.907. The first-order valence-electron chi connectivity index (χ1n) is 6.67. The molecule has 0 bridgehead atoms. The number of carbonyl (C=O) groups is 1. The molecule has 0 aliphatic carbocycles. The second-order valence-electron chi connectivity index (χ2n) is 5.05. The number of hydrogen-bond acceptors (Lipinski definition) is 2. The van der Waals surface area contributed by atoms with E-state index in [-0.39, 0.29) is 6.42 Å². The van der Waals surface area contributed by atoms with Crippen molar-refractivity contribution < 1.29 is 14.6 Å². The Bertz CT molecular complexity index is 652. The number of ether oxygens (including phenoxy) is 1.